The molecule has 148 valence electrons. The van der Waals surface area contributed by atoms with Gasteiger partial charge in [-0.25, -0.2) is 4.39 Å². The Morgan fingerprint density at radius 2 is 1.93 bits per heavy atom. The molecule has 2 aromatic carbocycles. The van der Waals surface area contributed by atoms with Gasteiger partial charge in [0.15, 0.2) is 0 Å². The van der Waals surface area contributed by atoms with Gasteiger partial charge in [0, 0.05) is 43.1 Å². The first-order valence-electron chi connectivity index (χ1n) is 9.93. The summed E-state index contributed by atoms with van der Waals surface area (Å²) >= 11 is 0. The zero-order chi connectivity index (χ0) is 20.2. The van der Waals surface area contributed by atoms with Gasteiger partial charge in [0.1, 0.15) is 11.2 Å². The molecule has 1 aromatic heterocycles. The van der Waals surface area contributed by atoms with E-state index in [9.17, 15) is 9.18 Å². The molecule has 2 aliphatic heterocycles. The molecule has 5 nitrogen and oxygen atoms in total. The number of aromatic nitrogens is 2. The van der Waals surface area contributed by atoms with E-state index in [4.69, 9.17) is 0 Å². The lowest BCUT2D eigenvalue weighted by molar-refractivity contribution is -0.129. The van der Waals surface area contributed by atoms with Crippen LogP contribution in [-0.4, -0.2) is 40.2 Å². The number of likely N-dealkylation sites (N-methyl/N-ethyl adjacent to an activating group) is 1. The second kappa shape index (κ2) is 6.52. The molecule has 0 atom stereocenters. The van der Waals surface area contributed by atoms with E-state index in [1.54, 1.807) is 21.8 Å². The van der Waals surface area contributed by atoms with Crippen LogP contribution in [0, 0.1) is 5.82 Å². The van der Waals surface area contributed by atoms with Gasteiger partial charge in [0.05, 0.1) is 12.7 Å². The number of halogens is 1. The molecule has 0 radical (unpaired) electrons. The van der Waals surface area contributed by atoms with Gasteiger partial charge >= 0.3 is 0 Å². The number of fused-ring (bicyclic) bond motifs is 2. The quantitative estimate of drug-likeness (QED) is 0.686. The molecule has 2 aliphatic rings. The fourth-order valence-corrected chi connectivity index (χ4v) is 4.60. The average Bonchev–Trinajstić information content (AvgIpc) is 3.22. The van der Waals surface area contributed by atoms with E-state index >= 15 is 0 Å². The summed E-state index contributed by atoms with van der Waals surface area (Å²) in [6, 6.07) is 13.1. The number of carbonyl (C=O) groups is 1. The van der Waals surface area contributed by atoms with E-state index in [-0.39, 0.29) is 18.3 Å². The van der Waals surface area contributed by atoms with Crippen molar-refractivity contribution in [1.29, 1.82) is 0 Å². The molecule has 5 rings (SSSR count). The van der Waals surface area contributed by atoms with E-state index in [1.165, 1.54) is 6.07 Å². The smallest absolute Gasteiger partial charge is 0.240 e. The zero-order valence-corrected chi connectivity index (χ0v) is 16.6. The third-order valence-corrected chi connectivity index (χ3v) is 6.22. The number of aryl methyl sites for hydroxylation is 1. The number of para-hydroxylation sites is 1. The van der Waals surface area contributed by atoms with Crippen molar-refractivity contribution >= 4 is 11.6 Å². The lowest BCUT2D eigenvalue weighted by Gasteiger charge is -2.46. The number of carbonyl (C=O) groups excluding carboxylic acids is 1. The minimum Gasteiger partial charge on any atom is -0.307 e. The lowest BCUT2D eigenvalue weighted by atomic mass is 9.74. The number of rotatable bonds is 4. The summed E-state index contributed by atoms with van der Waals surface area (Å²) in [5, 5.41) is 4.15. The van der Waals surface area contributed by atoms with Crippen LogP contribution in [0.2, 0.25) is 0 Å². The monoisotopic (exact) mass is 390 g/mol. The Hall–Kier alpha value is -2.99. The summed E-state index contributed by atoms with van der Waals surface area (Å²) in [7, 11) is 1.83. The topological polar surface area (TPSA) is 41.4 Å². The SMILES string of the molecule is CCN1CC2(C1)C(=O)N(Cc1ccc(-c3cnn(C)c3)cc1F)c1ccccc12. The maximum atomic E-state index is 14.9. The lowest BCUT2D eigenvalue weighted by Crippen LogP contribution is -2.63. The first-order chi connectivity index (χ1) is 14.0. The predicted octanol–water partition coefficient (Wildman–Crippen LogP) is 3.35. The summed E-state index contributed by atoms with van der Waals surface area (Å²) in [5.74, 6) is -0.222. The minimum absolute atomic E-state index is 0.0825. The van der Waals surface area contributed by atoms with Gasteiger partial charge < -0.3 is 9.80 Å². The maximum absolute atomic E-state index is 14.9. The van der Waals surface area contributed by atoms with Crippen LogP contribution >= 0.6 is 0 Å². The van der Waals surface area contributed by atoms with Crippen LogP contribution in [0.15, 0.2) is 54.9 Å². The van der Waals surface area contributed by atoms with Gasteiger partial charge in [-0.05, 0) is 29.8 Å². The van der Waals surface area contributed by atoms with Gasteiger partial charge in [-0.15, -0.1) is 0 Å². The normalized spacial score (nSPS) is 17.6. The predicted molar refractivity (Wildman–Crippen MR) is 110 cm³/mol. The number of nitrogens with zero attached hydrogens (tertiary/aromatic N) is 4. The van der Waals surface area contributed by atoms with Gasteiger partial charge in [0.2, 0.25) is 5.91 Å². The van der Waals surface area contributed by atoms with E-state index in [1.807, 2.05) is 43.6 Å². The molecule has 1 amide bonds. The summed E-state index contributed by atoms with van der Waals surface area (Å²) in [6.45, 7) is 4.75. The molecule has 0 unspecified atom stereocenters. The molecule has 0 aliphatic carbocycles. The van der Waals surface area contributed by atoms with E-state index in [0.717, 1.165) is 42.0 Å². The van der Waals surface area contributed by atoms with E-state index in [0.29, 0.717) is 5.56 Å². The van der Waals surface area contributed by atoms with Crippen molar-refractivity contribution in [3.8, 4) is 11.1 Å². The molecule has 1 saturated heterocycles. The molecule has 6 heteroatoms. The fourth-order valence-electron chi connectivity index (χ4n) is 4.60. The van der Waals surface area contributed by atoms with Crippen molar-refractivity contribution in [2.24, 2.45) is 7.05 Å². The van der Waals surface area contributed by atoms with Gasteiger partial charge in [0.25, 0.3) is 0 Å². The standard InChI is InChI=1S/C23H23FN4O/c1-3-27-14-23(15-27)19-6-4-5-7-21(19)28(22(23)29)13-17-9-8-16(10-20(17)24)18-11-25-26(2)12-18/h4-12H,3,13-15H2,1-2H3. The average molecular weight is 390 g/mol. The summed E-state index contributed by atoms with van der Waals surface area (Å²) < 4.78 is 16.6. The Balaban J connectivity index is 1.46. The van der Waals surface area contributed by atoms with Crippen LogP contribution in [0.1, 0.15) is 18.1 Å². The molecule has 0 N–H and O–H groups in total. The molecule has 1 fully saturated rings. The molecular formula is C23H23FN4O. The Labute approximate surface area is 169 Å². The number of benzene rings is 2. The highest BCUT2D eigenvalue weighted by Gasteiger charge is 2.57. The highest BCUT2D eigenvalue weighted by Crippen LogP contribution is 2.47. The van der Waals surface area contributed by atoms with Crippen LogP contribution < -0.4 is 4.90 Å². The van der Waals surface area contributed by atoms with Crippen molar-refractivity contribution in [2.75, 3.05) is 24.5 Å². The Morgan fingerprint density at radius 1 is 1.14 bits per heavy atom. The van der Waals surface area contributed by atoms with E-state index < -0.39 is 5.41 Å². The Bertz CT molecular complexity index is 1100. The van der Waals surface area contributed by atoms with Gasteiger partial charge in [-0.3, -0.25) is 9.48 Å². The molecule has 3 aromatic rings. The number of hydrogen-bond acceptors (Lipinski definition) is 3. The molecular weight excluding hydrogens is 367 g/mol. The molecule has 0 bridgehead atoms. The highest BCUT2D eigenvalue weighted by atomic mass is 19.1. The summed E-state index contributed by atoms with van der Waals surface area (Å²) in [4.78, 5) is 17.4. The van der Waals surface area contributed by atoms with Crippen LogP contribution in [0.25, 0.3) is 11.1 Å². The maximum Gasteiger partial charge on any atom is 0.240 e. The minimum atomic E-state index is -0.473. The summed E-state index contributed by atoms with van der Waals surface area (Å²) in [6.07, 6.45) is 3.57. The summed E-state index contributed by atoms with van der Waals surface area (Å²) in [5.41, 5.74) is 3.67. The molecule has 0 saturated carbocycles. The number of amides is 1. The van der Waals surface area contributed by atoms with Crippen LogP contribution in [0.5, 0.6) is 0 Å². The second-order valence-electron chi connectivity index (χ2n) is 8.00. The third kappa shape index (κ3) is 2.70. The molecule has 29 heavy (non-hydrogen) atoms. The Kier molecular flexibility index (Phi) is 4.06. The van der Waals surface area contributed by atoms with Crippen LogP contribution in [0.4, 0.5) is 10.1 Å². The number of anilines is 1. The highest BCUT2D eigenvalue weighted by molar-refractivity contribution is 6.09. The fraction of sp³-hybridized carbons (Fsp3) is 0.304. The van der Waals surface area contributed by atoms with Gasteiger partial charge in [-0.1, -0.05) is 37.3 Å². The third-order valence-electron chi connectivity index (χ3n) is 6.22. The van der Waals surface area contributed by atoms with Gasteiger partial charge in [-0.2, -0.15) is 5.10 Å². The first kappa shape index (κ1) is 18.1. The molecule has 1 spiro atoms. The van der Waals surface area contributed by atoms with Crippen LogP contribution in [-0.2, 0) is 23.8 Å². The van der Waals surface area contributed by atoms with Crippen molar-refractivity contribution in [3.05, 3.63) is 71.8 Å². The van der Waals surface area contributed by atoms with Crippen molar-refractivity contribution in [2.45, 2.75) is 18.9 Å². The zero-order valence-electron chi connectivity index (χ0n) is 16.6. The van der Waals surface area contributed by atoms with Crippen molar-refractivity contribution in [3.63, 3.8) is 0 Å². The number of hydrogen-bond donors (Lipinski definition) is 0. The second-order valence-corrected chi connectivity index (χ2v) is 8.00. The van der Waals surface area contributed by atoms with E-state index in [2.05, 4.69) is 16.9 Å². The first-order valence-corrected chi connectivity index (χ1v) is 9.93. The van der Waals surface area contributed by atoms with Crippen LogP contribution in [0.3, 0.4) is 0 Å². The largest absolute Gasteiger partial charge is 0.307 e. The Morgan fingerprint density at radius 3 is 2.62 bits per heavy atom. The van der Waals surface area contributed by atoms with Crippen molar-refractivity contribution in [1.82, 2.24) is 14.7 Å². The number of likely N-dealkylation sites (tertiary alicyclic amines) is 1. The molecule has 3 heterocycles. The van der Waals surface area contributed by atoms with Crippen molar-refractivity contribution < 1.29 is 9.18 Å².